The van der Waals surface area contributed by atoms with Crippen LogP contribution >= 0.6 is 0 Å². The van der Waals surface area contributed by atoms with Gasteiger partial charge in [0.1, 0.15) is 5.54 Å². The Morgan fingerprint density at radius 3 is 2.71 bits per heavy atom. The lowest BCUT2D eigenvalue weighted by atomic mass is 9.77. The zero-order chi connectivity index (χ0) is 15.5. The van der Waals surface area contributed by atoms with Crippen LogP contribution in [0.25, 0.3) is 0 Å². The number of rotatable bonds is 6. The minimum atomic E-state index is -0.695. The number of hydrogen-bond acceptors (Lipinski definition) is 3. The van der Waals surface area contributed by atoms with Crippen molar-refractivity contribution < 1.29 is 9.90 Å². The maximum atomic E-state index is 11.9. The summed E-state index contributed by atoms with van der Waals surface area (Å²) in [5.41, 5.74) is -0.695. The lowest BCUT2D eigenvalue weighted by molar-refractivity contribution is -0.147. The molecule has 122 valence electrons. The summed E-state index contributed by atoms with van der Waals surface area (Å²) >= 11 is 0. The highest BCUT2D eigenvalue weighted by Gasteiger charge is 2.46. The number of nitrogens with zero attached hydrogens (tertiary/aromatic N) is 1. The second-order valence-corrected chi connectivity index (χ2v) is 7.00. The average molecular weight is 296 g/mol. The van der Waals surface area contributed by atoms with Crippen molar-refractivity contribution in [2.75, 3.05) is 6.54 Å². The second kappa shape index (κ2) is 7.10. The topological polar surface area (TPSA) is 52.6 Å². The molecule has 4 heteroatoms. The molecule has 0 aromatic carbocycles. The van der Waals surface area contributed by atoms with Crippen molar-refractivity contribution in [2.24, 2.45) is 0 Å². The van der Waals surface area contributed by atoms with E-state index in [9.17, 15) is 9.90 Å². The van der Waals surface area contributed by atoms with Crippen molar-refractivity contribution >= 4 is 5.97 Å². The molecule has 2 aliphatic rings. The third-order valence-electron chi connectivity index (χ3n) is 5.59. The Labute approximate surface area is 129 Å². The van der Waals surface area contributed by atoms with Crippen LogP contribution in [0.4, 0.5) is 0 Å². The molecule has 4 nitrogen and oxygen atoms in total. The summed E-state index contributed by atoms with van der Waals surface area (Å²) in [6, 6.07) is 1.69. The fourth-order valence-electron chi connectivity index (χ4n) is 4.46. The molecule has 2 fully saturated rings. The lowest BCUT2D eigenvalue weighted by Gasteiger charge is -2.45. The Morgan fingerprint density at radius 2 is 2.10 bits per heavy atom. The van der Waals surface area contributed by atoms with Gasteiger partial charge in [-0.15, -0.1) is 0 Å². The van der Waals surface area contributed by atoms with Crippen LogP contribution in [0, 0.1) is 0 Å². The van der Waals surface area contributed by atoms with Gasteiger partial charge < -0.3 is 10.4 Å². The van der Waals surface area contributed by atoms with Crippen LogP contribution in [0.5, 0.6) is 0 Å². The number of hydrogen-bond donors (Lipinski definition) is 2. The van der Waals surface area contributed by atoms with Crippen molar-refractivity contribution in [2.45, 2.75) is 95.8 Å². The van der Waals surface area contributed by atoms with Gasteiger partial charge >= 0.3 is 5.97 Å². The number of nitrogens with one attached hydrogen (secondary N) is 1. The fraction of sp³-hybridized carbons (Fsp3) is 0.941. The van der Waals surface area contributed by atoms with Crippen molar-refractivity contribution in [1.29, 1.82) is 0 Å². The molecule has 4 atom stereocenters. The summed E-state index contributed by atoms with van der Waals surface area (Å²) in [4.78, 5) is 14.5. The first-order chi connectivity index (χ1) is 10.0. The maximum absolute atomic E-state index is 11.9. The molecular weight excluding hydrogens is 264 g/mol. The van der Waals surface area contributed by atoms with E-state index in [0.717, 1.165) is 38.6 Å². The van der Waals surface area contributed by atoms with Crippen molar-refractivity contribution in [3.05, 3.63) is 0 Å². The predicted octanol–water partition coefficient (Wildman–Crippen LogP) is 3.01. The Balaban J connectivity index is 2.12. The smallest absolute Gasteiger partial charge is 0.323 e. The molecule has 0 spiro atoms. The Kier molecular flexibility index (Phi) is 5.67. The molecule has 2 rings (SSSR count). The molecule has 0 bridgehead atoms. The van der Waals surface area contributed by atoms with Crippen LogP contribution in [0.2, 0.25) is 0 Å². The third-order valence-corrected chi connectivity index (χ3v) is 5.59. The predicted molar refractivity (Wildman–Crippen MR) is 85.5 cm³/mol. The van der Waals surface area contributed by atoms with E-state index < -0.39 is 11.5 Å². The fourth-order valence-corrected chi connectivity index (χ4v) is 4.46. The molecule has 1 aliphatic carbocycles. The van der Waals surface area contributed by atoms with Gasteiger partial charge in [0.2, 0.25) is 0 Å². The number of carbonyl (C=O) groups is 1. The van der Waals surface area contributed by atoms with Crippen LogP contribution in [-0.2, 0) is 4.79 Å². The van der Waals surface area contributed by atoms with Crippen molar-refractivity contribution in [3.8, 4) is 0 Å². The minimum Gasteiger partial charge on any atom is -0.480 e. The molecule has 21 heavy (non-hydrogen) atoms. The number of carboxylic acid groups (broad SMARTS) is 1. The first-order valence-corrected chi connectivity index (χ1v) is 8.80. The van der Waals surface area contributed by atoms with Gasteiger partial charge in [-0.2, -0.15) is 0 Å². The normalized spacial score (nSPS) is 37.8. The minimum absolute atomic E-state index is 0.432. The molecule has 0 aromatic heterocycles. The molecule has 2 N–H and O–H groups in total. The third kappa shape index (κ3) is 3.42. The quantitative estimate of drug-likeness (QED) is 0.791. The van der Waals surface area contributed by atoms with Crippen LogP contribution in [0.15, 0.2) is 0 Å². The second-order valence-electron chi connectivity index (χ2n) is 7.00. The van der Waals surface area contributed by atoms with Gasteiger partial charge in [-0.3, -0.25) is 9.69 Å². The molecule has 1 heterocycles. The summed E-state index contributed by atoms with van der Waals surface area (Å²) in [5, 5.41) is 13.1. The molecule has 0 amide bonds. The zero-order valence-electron chi connectivity index (χ0n) is 13.9. The van der Waals surface area contributed by atoms with Crippen molar-refractivity contribution in [1.82, 2.24) is 10.2 Å². The monoisotopic (exact) mass is 296 g/mol. The van der Waals surface area contributed by atoms with Gasteiger partial charge in [0.05, 0.1) is 0 Å². The Morgan fingerprint density at radius 1 is 1.33 bits per heavy atom. The van der Waals surface area contributed by atoms with Gasteiger partial charge in [-0.25, -0.2) is 0 Å². The van der Waals surface area contributed by atoms with Crippen LogP contribution < -0.4 is 5.32 Å². The SMILES string of the molecule is CCCNC1(C(=O)O)CCCC(N2C(C)CCC2CC)C1. The van der Waals surface area contributed by atoms with E-state index in [-0.39, 0.29) is 0 Å². The van der Waals surface area contributed by atoms with Crippen LogP contribution in [0.1, 0.15) is 72.1 Å². The molecule has 1 saturated carbocycles. The molecular formula is C17H32N2O2. The van der Waals surface area contributed by atoms with E-state index >= 15 is 0 Å². The number of carboxylic acids is 1. The number of aliphatic carboxylic acids is 1. The molecule has 4 unspecified atom stereocenters. The molecule has 0 radical (unpaired) electrons. The standard InChI is InChI=1S/C17H32N2O2/c1-4-11-18-17(16(20)21)10-6-7-15(12-17)19-13(3)8-9-14(19)5-2/h13-15,18H,4-12H2,1-3H3,(H,20,21). The van der Waals surface area contributed by atoms with Crippen molar-refractivity contribution in [3.63, 3.8) is 0 Å². The van der Waals surface area contributed by atoms with E-state index in [0.29, 0.717) is 18.1 Å². The van der Waals surface area contributed by atoms with Gasteiger partial charge in [0.15, 0.2) is 0 Å². The van der Waals surface area contributed by atoms with Crippen LogP contribution in [0.3, 0.4) is 0 Å². The summed E-state index contributed by atoms with van der Waals surface area (Å²) in [5.74, 6) is -0.652. The number of likely N-dealkylation sites (tertiary alicyclic amines) is 1. The molecule has 0 aromatic rings. The first-order valence-electron chi connectivity index (χ1n) is 8.80. The lowest BCUT2D eigenvalue weighted by Crippen LogP contribution is -2.59. The summed E-state index contributed by atoms with van der Waals surface area (Å²) in [6.45, 7) is 7.47. The van der Waals surface area contributed by atoms with Crippen LogP contribution in [-0.4, -0.2) is 46.2 Å². The van der Waals surface area contributed by atoms with Gasteiger partial charge in [0.25, 0.3) is 0 Å². The Hall–Kier alpha value is -0.610. The van der Waals surface area contributed by atoms with Gasteiger partial charge in [-0.1, -0.05) is 13.8 Å². The largest absolute Gasteiger partial charge is 0.480 e. The van der Waals surface area contributed by atoms with E-state index in [1.54, 1.807) is 0 Å². The van der Waals surface area contributed by atoms with E-state index in [2.05, 4.69) is 31.0 Å². The van der Waals surface area contributed by atoms with E-state index in [4.69, 9.17) is 0 Å². The first kappa shape index (κ1) is 16.8. The van der Waals surface area contributed by atoms with Gasteiger partial charge in [0, 0.05) is 18.1 Å². The van der Waals surface area contributed by atoms with E-state index in [1.807, 2.05) is 0 Å². The zero-order valence-corrected chi connectivity index (χ0v) is 13.9. The molecule has 1 aliphatic heterocycles. The van der Waals surface area contributed by atoms with Gasteiger partial charge in [-0.05, 0) is 64.8 Å². The molecule has 1 saturated heterocycles. The summed E-state index contributed by atoms with van der Waals surface area (Å²) < 4.78 is 0. The highest BCUT2D eigenvalue weighted by Crippen LogP contribution is 2.38. The summed E-state index contributed by atoms with van der Waals surface area (Å²) in [7, 11) is 0. The summed E-state index contributed by atoms with van der Waals surface area (Å²) in [6.07, 6.45) is 8.42. The highest BCUT2D eigenvalue weighted by atomic mass is 16.4. The Bertz CT molecular complexity index is 361. The highest BCUT2D eigenvalue weighted by molar-refractivity contribution is 5.79. The average Bonchev–Trinajstić information content (AvgIpc) is 2.86. The van der Waals surface area contributed by atoms with E-state index in [1.165, 1.54) is 19.3 Å². The maximum Gasteiger partial charge on any atom is 0.323 e.